The van der Waals surface area contributed by atoms with Crippen molar-refractivity contribution in [1.29, 1.82) is 0 Å². The molecule has 1 aromatic carbocycles. The van der Waals surface area contributed by atoms with Crippen LogP contribution < -0.4 is 15.4 Å². The van der Waals surface area contributed by atoms with E-state index in [0.29, 0.717) is 16.7 Å². The van der Waals surface area contributed by atoms with Crippen molar-refractivity contribution in [3.8, 4) is 5.75 Å². The van der Waals surface area contributed by atoms with Crippen LogP contribution in [0.4, 0.5) is 13.2 Å². The van der Waals surface area contributed by atoms with Gasteiger partial charge in [0.1, 0.15) is 5.75 Å². The van der Waals surface area contributed by atoms with Gasteiger partial charge in [0.15, 0.2) is 6.61 Å². The zero-order valence-corrected chi connectivity index (χ0v) is 13.2. The minimum atomic E-state index is -5.08. The van der Waals surface area contributed by atoms with Crippen molar-refractivity contribution in [2.45, 2.75) is 6.18 Å². The molecule has 1 aliphatic heterocycles. The molecule has 2 rings (SSSR count). The molecule has 0 bridgehead atoms. The second-order valence-electron chi connectivity index (χ2n) is 4.87. The van der Waals surface area contributed by atoms with E-state index >= 15 is 0 Å². The molecule has 0 atom stereocenters. The Labute approximate surface area is 140 Å². The largest absolute Gasteiger partial charge is 0.490 e. The van der Waals surface area contributed by atoms with Crippen LogP contribution in [0.2, 0.25) is 5.02 Å². The maximum atomic E-state index is 11.4. The van der Waals surface area contributed by atoms with Gasteiger partial charge in [0.05, 0.1) is 0 Å². The standard InChI is InChI=1S/C12H15ClN2O2.C2HF3O2/c13-10-1-3-11(4-2-10)17-8-12(16)15-7-9-5-14-6-9;3-2(4,5)1(6)7/h1-4,9,14H,5-8H2,(H,15,16);(H,6,7). The van der Waals surface area contributed by atoms with E-state index in [9.17, 15) is 18.0 Å². The lowest BCUT2D eigenvalue weighted by molar-refractivity contribution is -0.192. The lowest BCUT2D eigenvalue weighted by atomic mass is 10.0. The van der Waals surface area contributed by atoms with Gasteiger partial charge in [0, 0.05) is 30.6 Å². The van der Waals surface area contributed by atoms with E-state index in [1.54, 1.807) is 24.3 Å². The highest BCUT2D eigenvalue weighted by atomic mass is 35.5. The molecule has 0 unspecified atom stereocenters. The quantitative estimate of drug-likeness (QED) is 0.736. The van der Waals surface area contributed by atoms with E-state index in [-0.39, 0.29) is 12.5 Å². The average Bonchev–Trinajstić information content (AvgIpc) is 2.44. The zero-order valence-electron chi connectivity index (χ0n) is 12.4. The van der Waals surface area contributed by atoms with Gasteiger partial charge in [-0.1, -0.05) is 11.6 Å². The molecule has 134 valence electrons. The number of halogens is 4. The summed E-state index contributed by atoms with van der Waals surface area (Å²) in [6.45, 7) is 2.73. The first-order valence-electron chi connectivity index (χ1n) is 6.84. The van der Waals surface area contributed by atoms with E-state index in [1.165, 1.54) is 0 Å². The van der Waals surface area contributed by atoms with Crippen molar-refractivity contribution in [3.63, 3.8) is 0 Å². The van der Waals surface area contributed by atoms with Gasteiger partial charge in [-0.3, -0.25) is 4.79 Å². The topological polar surface area (TPSA) is 87.7 Å². The number of rotatable bonds is 5. The first-order chi connectivity index (χ1) is 11.2. The molecule has 0 aromatic heterocycles. The van der Waals surface area contributed by atoms with Crippen LogP contribution in [0.25, 0.3) is 0 Å². The third-order valence-corrected chi connectivity index (χ3v) is 3.13. The van der Waals surface area contributed by atoms with E-state index < -0.39 is 12.1 Å². The summed E-state index contributed by atoms with van der Waals surface area (Å²) in [5.41, 5.74) is 0. The molecule has 24 heavy (non-hydrogen) atoms. The molecule has 0 radical (unpaired) electrons. The summed E-state index contributed by atoms with van der Waals surface area (Å²) >= 11 is 5.74. The van der Waals surface area contributed by atoms with Gasteiger partial charge in [0.25, 0.3) is 5.91 Å². The molecule has 0 saturated carbocycles. The van der Waals surface area contributed by atoms with Crippen LogP contribution in [0.3, 0.4) is 0 Å². The second-order valence-corrected chi connectivity index (χ2v) is 5.31. The van der Waals surface area contributed by atoms with Crippen molar-refractivity contribution in [1.82, 2.24) is 10.6 Å². The third kappa shape index (κ3) is 8.02. The van der Waals surface area contributed by atoms with E-state index in [1.807, 2.05) is 0 Å². The van der Waals surface area contributed by atoms with Crippen LogP contribution >= 0.6 is 11.6 Å². The van der Waals surface area contributed by atoms with Crippen LogP contribution in [0, 0.1) is 5.92 Å². The number of alkyl halides is 3. The minimum absolute atomic E-state index is 0.0434. The average molecular weight is 369 g/mol. The molecule has 1 aromatic rings. The smallest absolute Gasteiger partial charge is 0.484 e. The van der Waals surface area contributed by atoms with Gasteiger partial charge in [-0.15, -0.1) is 0 Å². The molecule has 3 N–H and O–H groups in total. The summed E-state index contributed by atoms with van der Waals surface area (Å²) in [5.74, 6) is -1.64. The third-order valence-electron chi connectivity index (χ3n) is 2.88. The summed E-state index contributed by atoms with van der Waals surface area (Å²) in [4.78, 5) is 20.3. The number of nitrogens with one attached hydrogen (secondary N) is 2. The fraction of sp³-hybridized carbons (Fsp3) is 0.429. The van der Waals surface area contributed by atoms with Gasteiger partial charge < -0.3 is 20.5 Å². The van der Waals surface area contributed by atoms with Crippen molar-refractivity contribution < 1.29 is 32.6 Å². The van der Waals surface area contributed by atoms with Gasteiger partial charge in [-0.2, -0.15) is 13.2 Å². The number of aliphatic carboxylic acids is 1. The Morgan fingerprint density at radius 2 is 1.83 bits per heavy atom. The Kier molecular flexibility index (Phi) is 7.80. The molecule has 1 aliphatic rings. The number of hydrogen-bond donors (Lipinski definition) is 3. The lowest BCUT2D eigenvalue weighted by Gasteiger charge is -2.27. The normalized spacial score (nSPS) is 14.0. The van der Waals surface area contributed by atoms with E-state index in [2.05, 4.69) is 10.6 Å². The Morgan fingerprint density at radius 3 is 2.25 bits per heavy atom. The molecule has 6 nitrogen and oxygen atoms in total. The summed E-state index contributed by atoms with van der Waals surface area (Å²) in [7, 11) is 0. The Balaban J connectivity index is 0.000000351. The molecule has 1 heterocycles. The number of benzene rings is 1. The van der Waals surface area contributed by atoms with Crippen LogP contribution in [-0.4, -0.2) is 49.4 Å². The predicted molar refractivity (Wildman–Crippen MR) is 80.0 cm³/mol. The van der Waals surface area contributed by atoms with Gasteiger partial charge in [0.2, 0.25) is 0 Å². The highest BCUT2D eigenvalue weighted by molar-refractivity contribution is 6.30. The minimum Gasteiger partial charge on any atom is -0.484 e. The molecule has 0 aliphatic carbocycles. The van der Waals surface area contributed by atoms with E-state index in [4.69, 9.17) is 26.2 Å². The fourth-order valence-corrected chi connectivity index (χ4v) is 1.61. The van der Waals surface area contributed by atoms with Crippen LogP contribution in [-0.2, 0) is 9.59 Å². The van der Waals surface area contributed by atoms with Crippen LogP contribution in [0.15, 0.2) is 24.3 Å². The molecule has 1 saturated heterocycles. The Bertz CT molecular complexity index is 548. The summed E-state index contributed by atoms with van der Waals surface area (Å²) in [6, 6.07) is 6.95. The lowest BCUT2D eigenvalue weighted by Crippen LogP contribution is -2.48. The maximum absolute atomic E-state index is 11.4. The number of carboxylic acids is 1. The fourth-order valence-electron chi connectivity index (χ4n) is 1.48. The van der Waals surface area contributed by atoms with Gasteiger partial charge >= 0.3 is 12.1 Å². The summed E-state index contributed by atoms with van der Waals surface area (Å²) in [5, 5.41) is 13.8. The van der Waals surface area contributed by atoms with Gasteiger partial charge in [-0.25, -0.2) is 4.79 Å². The van der Waals surface area contributed by atoms with Gasteiger partial charge in [-0.05, 0) is 24.3 Å². The maximum Gasteiger partial charge on any atom is 0.490 e. The Hall–Kier alpha value is -2.00. The molecule has 1 amide bonds. The van der Waals surface area contributed by atoms with E-state index in [0.717, 1.165) is 19.6 Å². The molecular weight excluding hydrogens is 353 g/mol. The Morgan fingerprint density at radius 1 is 1.29 bits per heavy atom. The van der Waals surface area contributed by atoms with Crippen LogP contribution in [0.1, 0.15) is 0 Å². The zero-order chi connectivity index (χ0) is 18.2. The number of carbonyl (C=O) groups excluding carboxylic acids is 1. The summed E-state index contributed by atoms with van der Waals surface area (Å²) < 4.78 is 37.1. The van der Waals surface area contributed by atoms with Crippen molar-refractivity contribution in [3.05, 3.63) is 29.3 Å². The van der Waals surface area contributed by atoms with Crippen LogP contribution in [0.5, 0.6) is 5.75 Å². The highest BCUT2D eigenvalue weighted by Crippen LogP contribution is 2.15. The van der Waals surface area contributed by atoms with Crippen molar-refractivity contribution in [2.24, 2.45) is 5.92 Å². The first-order valence-corrected chi connectivity index (χ1v) is 7.22. The number of ether oxygens (including phenoxy) is 1. The molecule has 0 spiro atoms. The molecular formula is C14H16ClF3N2O4. The number of amides is 1. The predicted octanol–water partition coefficient (Wildman–Crippen LogP) is 1.69. The molecule has 1 fully saturated rings. The SMILES string of the molecule is O=C(COc1ccc(Cl)cc1)NCC1CNC1.O=C(O)C(F)(F)F. The van der Waals surface area contributed by atoms with Crippen molar-refractivity contribution >= 4 is 23.5 Å². The monoisotopic (exact) mass is 368 g/mol. The second kappa shape index (κ2) is 9.33. The van der Waals surface area contributed by atoms with Crippen molar-refractivity contribution in [2.75, 3.05) is 26.2 Å². The number of hydrogen-bond acceptors (Lipinski definition) is 4. The molecule has 10 heteroatoms. The summed E-state index contributed by atoms with van der Waals surface area (Å²) in [6.07, 6.45) is -5.08. The first kappa shape index (κ1) is 20.0. The number of carboxylic acid groups (broad SMARTS) is 1. The highest BCUT2D eigenvalue weighted by Gasteiger charge is 2.38. The number of carbonyl (C=O) groups is 2.